The first-order valence-corrected chi connectivity index (χ1v) is 12.5. The van der Waals surface area contributed by atoms with Crippen molar-refractivity contribution in [2.45, 2.75) is 58.7 Å². The molecule has 5 nitrogen and oxygen atoms in total. The lowest BCUT2D eigenvalue weighted by molar-refractivity contribution is -0.143. The summed E-state index contributed by atoms with van der Waals surface area (Å²) in [6.07, 6.45) is 1.96. The van der Waals surface area contributed by atoms with Gasteiger partial charge < -0.3 is 15.0 Å². The van der Waals surface area contributed by atoms with Gasteiger partial charge in [0, 0.05) is 24.6 Å². The van der Waals surface area contributed by atoms with Crippen LogP contribution < -0.4 is 10.1 Å². The zero-order valence-corrected chi connectivity index (χ0v) is 21.2. The van der Waals surface area contributed by atoms with E-state index in [4.69, 9.17) is 4.74 Å². The lowest BCUT2D eigenvalue weighted by atomic mass is 10.0. The Hall–Kier alpha value is -3.67. The minimum Gasteiger partial charge on any atom is -0.484 e. The molecule has 2 unspecified atom stereocenters. The molecule has 0 heterocycles. The molecule has 0 aliphatic heterocycles. The summed E-state index contributed by atoms with van der Waals surface area (Å²) in [5.74, 6) is -0.523. The average molecular weight is 491 g/mol. The quantitative estimate of drug-likeness (QED) is 0.374. The van der Waals surface area contributed by atoms with Crippen molar-refractivity contribution in [2.75, 3.05) is 6.61 Å². The van der Waals surface area contributed by atoms with E-state index in [1.54, 1.807) is 18.2 Å². The van der Waals surface area contributed by atoms with Gasteiger partial charge in [-0.2, -0.15) is 0 Å². The lowest BCUT2D eigenvalue weighted by Crippen LogP contribution is -2.53. The molecule has 0 fully saturated rings. The predicted molar refractivity (Wildman–Crippen MR) is 140 cm³/mol. The van der Waals surface area contributed by atoms with Crippen molar-refractivity contribution in [3.8, 4) is 5.75 Å². The van der Waals surface area contributed by atoms with Gasteiger partial charge in [-0.3, -0.25) is 9.59 Å². The van der Waals surface area contributed by atoms with Crippen LogP contribution >= 0.6 is 0 Å². The van der Waals surface area contributed by atoms with Gasteiger partial charge in [0.1, 0.15) is 17.6 Å². The van der Waals surface area contributed by atoms with Crippen molar-refractivity contribution in [2.24, 2.45) is 0 Å². The maximum absolute atomic E-state index is 14.6. The highest BCUT2D eigenvalue weighted by Gasteiger charge is 2.31. The number of ether oxygens (including phenoxy) is 1. The minimum absolute atomic E-state index is 0.0466. The third kappa shape index (κ3) is 7.67. The van der Waals surface area contributed by atoms with Gasteiger partial charge in [0.05, 0.1) is 0 Å². The van der Waals surface area contributed by atoms with Crippen molar-refractivity contribution in [1.82, 2.24) is 10.2 Å². The van der Waals surface area contributed by atoms with Crippen LogP contribution in [0.1, 0.15) is 43.9 Å². The maximum atomic E-state index is 14.6. The predicted octanol–water partition coefficient (Wildman–Crippen LogP) is 5.32. The summed E-state index contributed by atoms with van der Waals surface area (Å²) in [5, 5.41) is 3.00. The van der Waals surface area contributed by atoms with Crippen LogP contribution in [0, 0.1) is 5.82 Å². The van der Waals surface area contributed by atoms with E-state index >= 15 is 0 Å². The first-order chi connectivity index (χ1) is 17.4. The summed E-state index contributed by atoms with van der Waals surface area (Å²) in [4.78, 5) is 28.4. The number of hydrogen-bond donors (Lipinski definition) is 1. The number of hydrogen-bond acceptors (Lipinski definition) is 3. The highest BCUT2D eigenvalue weighted by atomic mass is 19.1. The van der Waals surface area contributed by atoms with Gasteiger partial charge in [-0.1, -0.05) is 74.5 Å². The SMILES string of the molecule is CCc1ccc(OCC(=O)N(Cc2ccccc2F)C(Cc2ccccc2)C(=O)NC(C)CC)cc1. The van der Waals surface area contributed by atoms with Crippen LogP contribution in [-0.2, 0) is 29.0 Å². The standard InChI is InChI=1S/C30H35FN2O3/c1-4-22(3)32-30(35)28(19-24-11-7-6-8-12-24)33(20-25-13-9-10-14-27(25)31)29(34)21-36-26-17-15-23(5-2)16-18-26/h6-18,22,28H,4-5,19-21H2,1-3H3,(H,32,35). The van der Waals surface area contributed by atoms with E-state index in [2.05, 4.69) is 12.2 Å². The number of nitrogens with one attached hydrogen (secondary N) is 1. The minimum atomic E-state index is -0.834. The molecule has 3 aromatic carbocycles. The number of halogens is 1. The fraction of sp³-hybridized carbons (Fsp3) is 0.333. The van der Waals surface area contributed by atoms with Gasteiger partial charge in [0.2, 0.25) is 5.91 Å². The molecular formula is C30H35FN2O3. The summed E-state index contributed by atoms with van der Waals surface area (Å²) >= 11 is 0. The molecule has 0 saturated heterocycles. The Balaban J connectivity index is 1.90. The molecular weight excluding hydrogens is 455 g/mol. The molecule has 0 aliphatic carbocycles. The number of carbonyl (C=O) groups is 2. The van der Waals surface area contributed by atoms with E-state index < -0.39 is 17.8 Å². The van der Waals surface area contributed by atoms with Crippen LogP contribution in [0.15, 0.2) is 78.9 Å². The van der Waals surface area contributed by atoms with E-state index in [1.165, 1.54) is 16.5 Å². The molecule has 190 valence electrons. The van der Waals surface area contributed by atoms with E-state index in [0.717, 1.165) is 18.4 Å². The smallest absolute Gasteiger partial charge is 0.261 e. The fourth-order valence-electron chi connectivity index (χ4n) is 3.85. The Morgan fingerprint density at radius 3 is 2.22 bits per heavy atom. The number of benzene rings is 3. The zero-order chi connectivity index (χ0) is 25.9. The monoisotopic (exact) mass is 490 g/mol. The van der Waals surface area contributed by atoms with Crippen LogP contribution in [-0.4, -0.2) is 35.4 Å². The highest BCUT2D eigenvalue weighted by molar-refractivity contribution is 5.88. The summed E-state index contributed by atoms with van der Waals surface area (Å²) in [6, 6.07) is 22.5. The first kappa shape index (κ1) is 26.9. The van der Waals surface area contributed by atoms with Gasteiger partial charge in [-0.05, 0) is 49.1 Å². The molecule has 0 saturated carbocycles. The van der Waals surface area contributed by atoms with E-state index in [9.17, 15) is 14.0 Å². The molecule has 36 heavy (non-hydrogen) atoms. The number of nitrogens with zero attached hydrogens (tertiary/aromatic N) is 1. The first-order valence-electron chi connectivity index (χ1n) is 12.5. The summed E-state index contributed by atoms with van der Waals surface area (Å²) in [5.41, 5.74) is 2.41. The van der Waals surface area contributed by atoms with E-state index in [-0.39, 0.29) is 25.1 Å². The molecule has 0 spiro atoms. The Morgan fingerprint density at radius 1 is 0.917 bits per heavy atom. The molecule has 0 bridgehead atoms. The van der Waals surface area contributed by atoms with Crippen molar-refractivity contribution in [3.05, 3.63) is 101 Å². The van der Waals surface area contributed by atoms with Crippen LogP contribution in [0.2, 0.25) is 0 Å². The van der Waals surface area contributed by atoms with Crippen molar-refractivity contribution >= 4 is 11.8 Å². The largest absolute Gasteiger partial charge is 0.484 e. The molecule has 0 radical (unpaired) electrons. The number of amides is 2. The van der Waals surface area contributed by atoms with E-state index in [1.807, 2.05) is 68.4 Å². The van der Waals surface area contributed by atoms with Gasteiger partial charge in [-0.25, -0.2) is 4.39 Å². The molecule has 3 rings (SSSR count). The molecule has 1 N–H and O–H groups in total. The van der Waals surface area contributed by atoms with Crippen LogP contribution in [0.4, 0.5) is 4.39 Å². The Morgan fingerprint density at radius 2 is 1.58 bits per heavy atom. The van der Waals surface area contributed by atoms with Crippen molar-refractivity contribution < 1.29 is 18.7 Å². The molecule has 0 aromatic heterocycles. The molecule has 2 amide bonds. The summed E-state index contributed by atoms with van der Waals surface area (Å²) in [7, 11) is 0. The Bertz CT molecular complexity index is 1120. The second kappa shape index (κ2) is 13.4. The fourth-order valence-corrected chi connectivity index (χ4v) is 3.85. The second-order valence-electron chi connectivity index (χ2n) is 8.92. The number of carbonyl (C=O) groups excluding carboxylic acids is 2. The lowest BCUT2D eigenvalue weighted by Gasteiger charge is -2.32. The third-order valence-corrected chi connectivity index (χ3v) is 6.26. The number of rotatable bonds is 12. The third-order valence-electron chi connectivity index (χ3n) is 6.26. The molecule has 2 atom stereocenters. The normalized spacial score (nSPS) is 12.4. The number of aryl methyl sites for hydroxylation is 1. The molecule has 6 heteroatoms. The highest BCUT2D eigenvalue weighted by Crippen LogP contribution is 2.18. The van der Waals surface area contributed by atoms with Gasteiger partial charge in [0.15, 0.2) is 6.61 Å². The summed E-state index contributed by atoms with van der Waals surface area (Å²) < 4.78 is 20.4. The van der Waals surface area contributed by atoms with Gasteiger partial charge >= 0.3 is 0 Å². The van der Waals surface area contributed by atoms with Crippen molar-refractivity contribution in [3.63, 3.8) is 0 Å². The second-order valence-corrected chi connectivity index (χ2v) is 8.92. The summed E-state index contributed by atoms with van der Waals surface area (Å²) in [6.45, 7) is 5.66. The Labute approximate surface area is 213 Å². The molecule has 3 aromatic rings. The van der Waals surface area contributed by atoms with Crippen LogP contribution in [0.5, 0.6) is 5.75 Å². The topological polar surface area (TPSA) is 58.6 Å². The maximum Gasteiger partial charge on any atom is 0.261 e. The van der Waals surface area contributed by atoms with Crippen LogP contribution in [0.25, 0.3) is 0 Å². The Kier molecular flexibility index (Phi) is 10.0. The zero-order valence-electron chi connectivity index (χ0n) is 21.2. The average Bonchev–Trinajstić information content (AvgIpc) is 2.91. The van der Waals surface area contributed by atoms with Crippen LogP contribution in [0.3, 0.4) is 0 Å². The van der Waals surface area contributed by atoms with Gasteiger partial charge in [0.25, 0.3) is 5.91 Å². The molecule has 0 aliphatic rings. The van der Waals surface area contributed by atoms with Crippen molar-refractivity contribution in [1.29, 1.82) is 0 Å². The van der Waals surface area contributed by atoms with Gasteiger partial charge in [-0.15, -0.1) is 0 Å². The van der Waals surface area contributed by atoms with E-state index in [0.29, 0.717) is 17.7 Å².